The zero-order chi connectivity index (χ0) is 54.1. The Hall–Kier alpha value is -5.92. The van der Waals surface area contributed by atoms with Gasteiger partial charge in [-0.25, -0.2) is 0 Å². The van der Waals surface area contributed by atoms with Gasteiger partial charge in [0.1, 0.15) is 11.2 Å². The van der Waals surface area contributed by atoms with Gasteiger partial charge in [-0.1, -0.05) is 157 Å². The Bertz CT molecular complexity index is 3950. The van der Waals surface area contributed by atoms with Gasteiger partial charge in [0.25, 0.3) is 0 Å². The van der Waals surface area contributed by atoms with E-state index < -0.39 is 257 Å². The second-order valence-electron chi connectivity index (χ2n) is 9.51. The molecule has 0 radical (unpaired) electrons. The van der Waals surface area contributed by atoms with Gasteiger partial charge in [0.2, 0.25) is 0 Å². The maximum absolute atomic E-state index is 10.1. The van der Waals surface area contributed by atoms with E-state index in [0.717, 1.165) is 0 Å². The molecule has 1 aromatic heterocycles. The molecule has 0 bridgehead atoms. The maximum atomic E-state index is 10.1. The van der Waals surface area contributed by atoms with Gasteiger partial charge in [0.15, 0.2) is 0 Å². The van der Waals surface area contributed by atoms with Gasteiger partial charge in [-0.3, -0.25) is 0 Å². The molecular formula is C44H28O. The van der Waals surface area contributed by atoms with Crippen LogP contribution in [0.15, 0.2) is 174 Å². The second-order valence-corrected chi connectivity index (χ2v) is 9.51. The summed E-state index contributed by atoms with van der Waals surface area (Å²) >= 11 is 0. The van der Waals surface area contributed by atoms with Crippen molar-refractivity contribution in [3.05, 3.63) is 169 Å². The normalized spacial score (nSPS) is 20.3. The van der Waals surface area contributed by atoms with Crippen LogP contribution >= 0.6 is 0 Å². The molecule has 0 aliphatic heterocycles. The molecule has 0 aliphatic carbocycles. The summed E-state index contributed by atoms with van der Waals surface area (Å²) in [5, 5.41) is -4.44. The summed E-state index contributed by atoms with van der Waals surface area (Å²) in [6.45, 7) is 0. The van der Waals surface area contributed by atoms with E-state index in [1.54, 1.807) is 0 Å². The highest BCUT2D eigenvalue weighted by molar-refractivity contribution is 6.23. The monoisotopic (exact) mass is 600 g/mol. The first-order valence-corrected chi connectivity index (χ1v) is 13.2. The Morgan fingerprint density at radius 2 is 0.733 bits per heavy atom. The summed E-state index contributed by atoms with van der Waals surface area (Å²) in [5.41, 5.74) is -7.87. The van der Waals surface area contributed by atoms with Gasteiger partial charge >= 0.3 is 0 Å². The van der Waals surface area contributed by atoms with E-state index in [0.29, 0.717) is 0 Å². The first-order valence-electron chi connectivity index (χ1n) is 27.2. The van der Waals surface area contributed by atoms with Crippen LogP contribution in [0.3, 0.4) is 0 Å². The Labute approximate surface area is 301 Å². The Kier molecular flexibility index (Phi) is 2.32. The van der Waals surface area contributed by atoms with Crippen molar-refractivity contribution in [2.24, 2.45) is 0 Å². The lowest BCUT2D eigenvalue weighted by molar-refractivity contribution is 0.671. The predicted octanol–water partition coefficient (Wildman–Crippen LogP) is 12.6. The lowest BCUT2D eigenvalue weighted by atomic mass is 9.85. The van der Waals surface area contributed by atoms with E-state index in [-0.39, 0.29) is 0 Å². The van der Waals surface area contributed by atoms with Gasteiger partial charge in [-0.15, -0.1) is 0 Å². The smallest absolute Gasteiger partial charge is 0.143 e. The third-order valence-corrected chi connectivity index (χ3v) is 7.11. The molecule has 0 atom stereocenters. The number of para-hydroxylation sites is 1. The highest BCUT2D eigenvalue weighted by atomic mass is 16.3. The largest absolute Gasteiger partial charge is 0.455 e. The molecule has 0 N–H and O–H groups in total. The molecule has 45 heavy (non-hydrogen) atoms. The van der Waals surface area contributed by atoms with Gasteiger partial charge in [0, 0.05) is 21.9 Å². The number of rotatable bonds is 4. The molecule has 8 aromatic carbocycles. The fraction of sp³-hybridized carbons (Fsp3) is 0. The molecule has 0 amide bonds. The van der Waals surface area contributed by atoms with Crippen molar-refractivity contribution in [3.8, 4) is 44.5 Å². The number of benzene rings is 8. The van der Waals surface area contributed by atoms with Crippen LogP contribution in [-0.2, 0) is 0 Å². The fourth-order valence-electron chi connectivity index (χ4n) is 5.30. The van der Waals surface area contributed by atoms with E-state index in [4.69, 9.17) is 33.2 Å². The molecule has 1 nitrogen and oxygen atoms in total. The van der Waals surface area contributed by atoms with Crippen molar-refractivity contribution in [3.63, 3.8) is 0 Å². The molecule has 9 aromatic rings. The van der Waals surface area contributed by atoms with Crippen LogP contribution in [0.4, 0.5) is 0 Å². The number of furan rings is 1. The summed E-state index contributed by atoms with van der Waals surface area (Å²) in [6.07, 6.45) is 0. The van der Waals surface area contributed by atoms with Crippen molar-refractivity contribution in [1.29, 1.82) is 0 Å². The highest BCUT2D eigenvalue weighted by Crippen LogP contribution is 2.47. The van der Waals surface area contributed by atoms with Crippen LogP contribution in [0.25, 0.3) is 88.0 Å². The molecule has 210 valence electrons. The average molecular weight is 601 g/mol. The van der Waals surface area contributed by atoms with Crippen LogP contribution in [0.5, 0.6) is 0 Å². The number of fused-ring (bicyclic) bond motifs is 5. The van der Waals surface area contributed by atoms with E-state index in [1.165, 1.54) is 0 Å². The van der Waals surface area contributed by atoms with Crippen LogP contribution in [0.1, 0.15) is 38.4 Å². The second kappa shape index (κ2) is 10.4. The summed E-state index contributed by atoms with van der Waals surface area (Å²) in [7, 11) is 0. The van der Waals surface area contributed by atoms with Crippen LogP contribution in [-0.4, -0.2) is 0 Å². The van der Waals surface area contributed by atoms with Crippen molar-refractivity contribution >= 4 is 43.5 Å². The van der Waals surface area contributed by atoms with Crippen LogP contribution < -0.4 is 0 Å². The highest BCUT2D eigenvalue weighted by Gasteiger charge is 2.21. The molecule has 0 fully saturated rings. The fourth-order valence-corrected chi connectivity index (χ4v) is 5.30. The molecule has 1 heterocycles. The summed E-state index contributed by atoms with van der Waals surface area (Å²) in [5.74, 6) is 0. The number of hydrogen-bond donors (Lipinski definition) is 0. The molecular weight excluding hydrogens is 544 g/mol. The molecule has 0 saturated heterocycles. The minimum absolute atomic E-state index is 0.661. The number of hydrogen-bond acceptors (Lipinski definition) is 1. The van der Waals surface area contributed by atoms with Crippen LogP contribution in [0, 0.1) is 0 Å². The van der Waals surface area contributed by atoms with Gasteiger partial charge in [-0.05, 0) is 67.0 Å². The van der Waals surface area contributed by atoms with Crippen molar-refractivity contribution in [2.45, 2.75) is 0 Å². The summed E-state index contributed by atoms with van der Waals surface area (Å²) in [4.78, 5) is 0. The molecule has 0 unspecified atom stereocenters. The third kappa shape index (κ3) is 4.09. The minimum Gasteiger partial charge on any atom is -0.455 e. The van der Waals surface area contributed by atoms with Crippen molar-refractivity contribution in [2.75, 3.05) is 0 Å². The van der Waals surface area contributed by atoms with Crippen molar-refractivity contribution in [1.82, 2.24) is 0 Å². The lowest BCUT2D eigenvalue weighted by Gasteiger charge is -2.18. The van der Waals surface area contributed by atoms with E-state index in [2.05, 4.69) is 0 Å². The standard InChI is InChI=1S/C44H28O/c1-4-15-29(16-5-1)33-25-14-26-38-40-28-32(27-39(44(40)45-43(33)38)30-17-6-2-7-18-30)42-36-23-12-10-21-34(36)41(31-19-8-3-9-20-31)35-22-11-13-24-37(35)42/h1-28H/i1D,2D,3D,4D,5D,6D,7D,8D,9D,10D,11D,12D,13D,14D,15D,16D,17D,18D,19D,20D,21D,22D,23D,24D,25D,26D,27D,28D. The maximum Gasteiger partial charge on any atom is 0.143 e. The SMILES string of the molecule is [2H]c1c([2H])c([2H])c(-c2c([2H])c([2H])c([2H])c3c2oc2c(-c4c([2H])c([2H])c([2H])c([2H])c4[2H])c([2H])c(-c4c5c([2H])c([2H])c([2H])c([2H])c5c(-c5c([2H])c([2H])c([2H])c([2H])c5[2H])c5c([2H])c([2H])c([2H])c([2H])c45)c([2H])c23)c([2H])c1[2H]. The summed E-state index contributed by atoms with van der Waals surface area (Å²) < 4.78 is 256. The van der Waals surface area contributed by atoms with Gasteiger partial charge in [-0.2, -0.15) is 0 Å². The van der Waals surface area contributed by atoms with Crippen LogP contribution in [0.2, 0.25) is 0 Å². The Morgan fingerprint density at radius 3 is 1.29 bits per heavy atom. The lowest BCUT2D eigenvalue weighted by Crippen LogP contribution is -1.91. The minimum atomic E-state index is -1.10. The summed E-state index contributed by atoms with van der Waals surface area (Å²) in [6, 6.07) is -27.3. The van der Waals surface area contributed by atoms with Gasteiger partial charge in [0.05, 0.1) is 38.4 Å². The first-order chi connectivity index (χ1) is 34.0. The topological polar surface area (TPSA) is 13.1 Å². The van der Waals surface area contributed by atoms with E-state index >= 15 is 0 Å². The molecule has 0 saturated carbocycles. The average Bonchev–Trinajstić information content (AvgIpc) is 3.76. The Morgan fingerprint density at radius 1 is 0.311 bits per heavy atom. The third-order valence-electron chi connectivity index (χ3n) is 7.11. The zero-order valence-corrected chi connectivity index (χ0v) is 22.4. The predicted molar refractivity (Wildman–Crippen MR) is 190 cm³/mol. The quantitative estimate of drug-likeness (QED) is 0.183. The van der Waals surface area contributed by atoms with Crippen molar-refractivity contribution < 1.29 is 42.8 Å². The molecule has 0 spiro atoms. The molecule has 0 aliphatic rings. The Balaban J connectivity index is 1.69. The molecule has 9 rings (SSSR count). The first kappa shape index (κ1) is 10.1. The van der Waals surface area contributed by atoms with E-state index in [9.17, 15) is 9.60 Å². The van der Waals surface area contributed by atoms with E-state index in [1.807, 2.05) is 0 Å². The molecule has 1 heteroatoms. The zero-order valence-electron chi connectivity index (χ0n) is 50.4. The van der Waals surface area contributed by atoms with Gasteiger partial charge < -0.3 is 4.42 Å².